The molecule has 0 atom stereocenters. The van der Waals surface area contributed by atoms with Crippen LogP contribution in [0.3, 0.4) is 0 Å². The fourth-order valence-electron chi connectivity index (χ4n) is 2.24. The molecule has 1 rings (SSSR count). The largest absolute Gasteiger partial charge is 0.375 e. The highest BCUT2D eigenvalue weighted by atomic mass is 16.5. The number of ether oxygens (including phenoxy) is 1. The van der Waals surface area contributed by atoms with Crippen molar-refractivity contribution in [2.75, 3.05) is 39.3 Å². The Labute approximate surface area is 107 Å². The Bertz CT molecular complexity index is 193. The zero-order chi connectivity index (χ0) is 12.7. The third-order valence-corrected chi connectivity index (χ3v) is 3.33. The summed E-state index contributed by atoms with van der Waals surface area (Å²) in [6, 6.07) is 0. The first-order valence-electron chi connectivity index (χ1n) is 7.08. The summed E-state index contributed by atoms with van der Waals surface area (Å²) in [4.78, 5) is 2.54. The van der Waals surface area contributed by atoms with Gasteiger partial charge in [0, 0.05) is 6.54 Å². The van der Waals surface area contributed by atoms with Crippen LogP contribution in [-0.2, 0) is 4.74 Å². The highest BCUT2D eigenvalue weighted by Crippen LogP contribution is 2.16. The van der Waals surface area contributed by atoms with E-state index in [1.54, 1.807) is 0 Å². The lowest BCUT2D eigenvalue weighted by Gasteiger charge is -2.32. The molecule has 1 saturated heterocycles. The van der Waals surface area contributed by atoms with Gasteiger partial charge in [0.15, 0.2) is 0 Å². The normalized spacial score (nSPS) is 19.8. The molecule has 0 bridgehead atoms. The number of piperidine rings is 1. The smallest absolute Gasteiger partial charge is 0.0600 e. The fourth-order valence-corrected chi connectivity index (χ4v) is 2.24. The van der Waals surface area contributed by atoms with Gasteiger partial charge in [-0.25, -0.2) is 0 Å². The molecule has 3 nitrogen and oxygen atoms in total. The maximum Gasteiger partial charge on any atom is 0.0600 e. The second-order valence-corrected chi connectivity index (χ2v) is 6.05. The SMILES string of the molecule is CCNCC1CCN(CCOC(C)(C)C)CC1. The molecule has 0 aromatic heterocycles. The lowest BCUT2D eigenvalue weighted by molar-refractivity contribution is -0.0161. The predicted octanol–water partition coefficient (Wildman–Crippen LogP) is 2.12. The third kappa shape index (κ3) is 7.02. The zero-order valence-corrected chi connectivity index (χ0v) is 12.1. The van der Waals surface area contributed by atoms with E-state index in [1.807, 2.05) is 0 Å². The van der Waals surface area contributed by atoms with Gasteiger partial charge in [-0.1, -0.05) is 6.92 Å². The predicted molar refractivity (Wildman–Crippen MR) is 73.4 cm³/mol. The van der Waals surface area contributed by atoms with Crippen molar-refractivity contribution in [3.05, 3.63) is 0 Å². The van der Waals surface area contributed by atoms with Gasteiger partial charge in [0.1, 0.15) is 0 Å². The average Bonchev–Trinajstić information content (AvgIpc) is 2.26. The van der Waals surface area contributed by atoms with Crippen LogP contribution in [0.5, 0.6) is 0 Å². The van der Waals surface area contributed by atoms with Crippen molar-refractivity contribution in [3.63, 3.8) is 0 Å². The molecule has 1 fully saturated rings. The lowest BCUT2D eigenvalue weighted by Crippen LogP contribution is -2.39. The van der Waals surface area contributed by atoms with Crippen molar-refractivity contribution < 1.29 is 4.74 Å². The highest BCUT2D eigenvalue weighted by molar-refractivity contribution is 4.73. The molecule has 0 aromatic carbocycles. The summed E-state index contributed by atoms with van der Waals surface area (Å²) in [5.41, 5.74) is 0.00334. The summed E-state index contributed by atoms with van der Waals surface area (Å²) in [7, 11) is 0. The third-order valence-electron chi connectivity index (χ3n) is 3.33. The van der Waals surface area contributed by atoms with Crippen LogP contribution in [0.4, 0.5) is 0 Å². The molecule has 17 heavy (non-hydrogen) atoms. The van der Waals surface area contributed by atoms with Gasteiger partial charge in [-0.2, -0.15) is 0 Å². The van der Waals surface area contributed by atoms with E-state index in [4.69, 9.17) is 4.74 Å². The molecular weight excluding hydrogens is 212 g/mol. The minimum Gasteiger partial charge on any atom is -0.375 e. The molecule has 1 heterocycles. The minimum absolute atomic E-state index is 0.00334. The topological polar surface area (TPSA) is 24.5 Å². The van der Waals surface area contributed by atoms with E-state index in [2.05, 4.69) is 37.9 Å². The minimum atomic E-state index is 0.00334. The summed E-state index contributed by atoms with van der Waals surface area (Å²) in [5.74, 6) is 0.884. The van der Waals surface area contributed by atoms with Crippen LogP contribution in [0.15, 0.2) is 0 Å². The fraction of sp³-hybridized carbons (Fsp3) is 1.00. The molecule has 1 aliphatic heterocycles. The van der Waals surface area contributed by atoms with E-state index in [0.29, 0.717) is 0 Å². The van der Waals surface area contributed by atoms with Crippen molar-refractivity contribution in [2.24, 2.45) is 5.92 Å². The molecule has 3 heteroatoms. The summed E-state index contributed by atoms with van der Waals surface area (Å²) >= 11 is 0. The van der Waals surface area contributed by atoms with Crippen LogP contribution in [0.2, 0.25) is 0 Å². The van der Waals surface area contributed by atoms with Gasteiger partial charge < -0.3 is 15.0 Å². The number of likely N-dealkylation sites (tertiary alicyclic amines) is 1. The van der Waals surface area contributed by atoms with Gasteiger partial charge in [-0.3, -0.25) is 0 Å². The monoisotopic (exact) mass is 242 g/mol. The van der Waals surface area contributed by atoms with Crippen LogP contribution < -0.4 is 5.32 Å². The van der Waals surface area contributed by atoms with Crippen LogP contribution >= 0.6 is 0 Å². The van der Waals surface area contributed by atoms with Gasteiger partial charge in [0.05, 0.1) is 12.2 Å². The molecule has 0 spiro atoms. The zero-order valence-electron chi connectivity index (χ0n) is 12.1. The molecular formula is C14H30N2O. The van der Waals surface area contributed by atoms with Gasteiger partial charge in [-0.15, -0.1) is 0 Å². The van der Waals surface area contributed by atoms with E-state index in [9.17, 15) is 0 Å². The van der Waals surface area contributed by atoms with Crippen molar-refractivity contribution in [2.45, 2.75) is 46.1 Å². The number of rotatable bonds is 6. The van der Waals surface area contributed by atoms with Crippen LogP contribution in [0.1, 0.15) is 40.5 Å². The molecule has 0 aliphatic carbocycles. The first-order chi connectivity index (χ1) is 8.01. The molecule has 0 radical (unpaired) electrons. The van der Waals surface area contributed by atoms with Gasteiger partial charge in [0.2, 0.25) is 0 Å². The van der Waals surface area contributed by atoms with Crippen molar-refractivity contribution in [3.8, 4) is 0 Å². The van der Waals surface area contributed by atoms with Gasteiger partial charge >= 0.3 is 0 Å². The summed E-state index contributed by atoms with van der Waals surface area (Å²) in [6.07, 6.45) is 2.67. The first-order valence-corrected chi connectivity index (χ1v) is 7.08. The lowest BCUT2D eigenvalue weighted by atomic mass is 9.97. The Kier molecular flexibility index (Phi) is 6.45. The van der Waals surface area contributed by atoms with E-state index in [-0.39, 0.29) is 5.60 Å². The molecule has 1 aliphatic rings. The highest BCUT2D eigenvalue weighted by Gasteiger charge is 2.19. The van der Waals surface area contributed by atoms with E-state index < -0.39 is 0 Å². The number of nitrogens with zero attached hydrogens (tertiary/aromatic N) is 1. The Morgan fingerprint density at radius 3 is 2.41 bits per heavy atom. The maximum atomic E-state index is 5.77. The first kappa shape index (κ1) is 14.9. The van der Waals surface area contributed by atoms with Crippen molar-refractivity contribution in [1.82, 2.24) is 10.2 Å². The molecule has 102 valence electrons. The summed E-state index contributed by atoms with van der Waals surface area (Å²) < 4.78 is 5.77. The maximum absolute atomic E-state index is 5.77. The molecule has 0 unspecified atom stereocenters. The Morgan fingerprint density at radius 2 is 1.88 bits per heavy atom. The van der Waals surface area contributed by atoms with Crippen LogP contribution in [0.25, 0.3) is 0 Å². The second-order valence-electron chi connectivity index (χ2n) is 6.05. The Morgan fingerprint density at radius 1 is 1.24 bits per heavy atom. The average molecular weight is 242 g/mol. The number of hydrogen-bond donors (Lipinski definition) is 1. The quantitative estimate of drug-likeness (QED) is 0.772. The van der Waals surface area contributed by atoms with Crippen molar-refractivity contribution >= 4 is 0 Å². The number of hydrogen-bond acceptors (Lipinski definition) is 3. The second kappa shape index (κ2) is 7.34. The summed E-state index contributed by atoms with van der Waals surface area (Å²) in [6.45, 7) is 15.3. The Balaban J connectivity index is 2.07. The molecule has 0 amide bonds. The molecule has 1 N–H and O–H groups in total. The van der Waals surface area contributed by atoms with Gasteiger partial charge in [0.25, 0.3) is 0 Å². The Hall–Kier alpha value is -0.120. The van der Waals surface area contributed by atoms with Crippen LogP contribution in [-0.4, -0.2) is 49.8 Å². The van der Waals surface area contributed by atoms with Crippen molar-refractivity contribution in [1.29, 1.82) is 0 Å². The molecule has 0 aromatic rings. The number of nitrogens with one attached hydrogen (secondary N) is 1. The molecule has 0 saturated carbocycles. The van der Waals surface area contributed by atoms with E-state index >= 15 is 0 Å². The summed E-state index contributed by atoms with van der Waals surface area (Å²) in [5, 5.41) is 3.45. The van der Waals surface area contributed by atoms with E-state index in [0.717, 1.165) is 25.6 Å². The standard InChI is InChI=1S/C14H30N2O/c1-5-15-12-13-6-8-16(9-7-13)10-11-17-14(2,3)4/h13,15H,5-12H2,1-4H3. The van der Waals surface area contributed by atoms with E-state index in [1.165, 1.54) is 32.5 Å². The van der Waals surface area contributed by atoms with Crippen LogP contribution in [0, 0.1) is 5.92 Å². The van der Waals surface area contributed by atoms with Gasteiger partial charge in [-0.05, 0) is 65.7 Å².